The second kappa shape index (κ2) is 6.79. The Kier molecular flexibility index (Phi) is 4.57. The summed E-state index contributed by atoms with van der Waals surface area (Å²) < 4.78 is 18.5. The lowest BCUT2D eigenvalue weighted by Gasteiger charge is -2.18. The molecule has 3 rings (SSSR count). The van der Waals surface area contributed by atoms with Gasteiger partial charge in [-0.2, -0.15) is 0 Å². The summed E-state index contributed by atoms with van der Waals surface area (Å²) in [4.78, 5) is 14.3. The zero-order valence-electron chi connectivity index (χ0n) is 13.0. The van der Waals surface area contributed by atoms with E-state index >= 15 is 0 Å². The number of amides is 1. The average molecular weight is 314 g/mol. The summed E-state index contributed by atoms with van der Waals surface area (Å²) >= 11 is 0. The van der Waals surface area contributed by atoms with Gasteiger partial charge in [-0.3, -0.25) is 9.69 Å². The Morgan fingerprint density at radius 1 is 1.13 bits per heavy atom. The molecule has 0 bridgehead atoms. The van der Waals surface area contributed by atoms with Crippen LogP contribution in [0.1, 0.15) is 12.8 Å². The molecule has 1 saturated heterocycles. The summed E-state index contributed by atoms with van der Waals surface area (Å²) in [7, 11) is 1.97. The molecule has 1 N–H and O–H groups in total. The number of rotatable bonds is 4. The smallest absolute Gasteiger partial charge is 0.241 e. The maximum atomic E-state index is 12.9. The van der Waals surface area contributed by atoms with Crippen LogP contribution >= 0.6 is 0 Å². The van der Waals surface area contributed by atoms with Crippen LogP contribution < -0.4 is 10.1 Å². The van der Waals surface area contributed by atoms with Gasteiger partial charge < -0.3 is 10.1 Å². The molecule has 0 spiro atoms. The Labute approximate surface area is 134 Å². The molecule has 1 atom stereocenters. The van der Waals surface area contributed by atoms with Gasteiger partial charge in [0.2, 0.25) is 5.91 Å². The zero-order chi connectivity index (χ0) is 16.2. The van der Waals surface area contributed by atoms with Gasteiger partial charge >= 0.3 is 0 Å². The lowest BCUT2D eigenvalue weighted by atomic mass is 10.2. The standard InChI is InChI=1S/C18H19FN2O2/c1-21-12-2-3-17(21)18(22)20-14-6-10-16(11-7-14)23-15-8-4-13(19)5-9-15/h4-11,17H,2-3,12H2,1H3,(H,20,22). The molecule has 5 heteroatoms. The fourth-order valence-electron chi connectivity index (χ4n) is 2.71. The van der Waals surface area contributed by atoms with E-state index in [1.54, 1.807) is 36.4 Å². The summed E-state index contributed by atoms with van der Waals surface area (Å²) in [6.07, 6.45) is 1.95. The fraction of sp³-hybridized carbons (Fsp3) is 0.278. The third-order valence-electron chi connectivity index (χ3n) is 3.99. The van der Waals surface area contributed by atoms with Gasteiger partial charge in [0.05, 0.1) is 6.04 Å². The van der Waals surface area contributed by atoms with Crippen molar-refractivity contribution in [1.29, 1.82) is 0 Å². The first-order valence-corrected chi connectivity index (χ1v) is 7.66. The van der Waals surface area contributed by atoms with E-state index in [1.165, 1.54) is 12.1 Å². The van der Waals surface area contributed by atoms with Crippen molar-refractivity contribution in [2.45, 2.75) is 18.9 Å². The molecule has 120 valence electrons. The molecule has 0 aliphatic carbocycles. The number of carbonyl (C=O) groups excluding carboxylic acids is 1. The maximum Gasteiger partial charge on any atom is 0.241 e. The van der Waals surface area contributed by atoms with Crippen LogP contribution in [0.25, 0.3) is 0 Å². The molecule has 23 heavy (non-hydrogen) atoms. The van der Waals surface area contributed by atoms with Crippen LogP contribution in [0.2, 0.25) is 0 Å². The van der Waals surface area contributed by atoms with E-state index < -0.39 is 0 Å². The SMILES string of the molecule is CN1CCCC1C(=O)Nc1ccc(Oc2ccc(F)cc2)cc1. The van der Waals surface area contributed by atoms with Gasteiger partial charge in [0.15, 0.2) is 0 Å². The second-order valence-corrected chi connectivity index (χ2v) is 5.71. The summed E-state index contributed by atoms with van der Waals surface area (Å²) in [5, 5.41) is 2.93. The van der Waals surface area contributed by atoms with Crippen LogP contribution in [0.3, 0.4) is 0 Å². The highest BCUT2D eigenvalue weighted by Crippen LogP contribution is 2.24. The zero-order valence-corrected chi connectivity index (χ0v) is 13.0. The normalized spacial score (nSPS) is 17.9. The van der Waals surface area contributed by atoms with E-state index in [-0.39, 0.29) is 17.8 Å². The third kappa shape index (κ3) is 3.87. The van der Waals surface area contributed by atoms with E-state index in [1.807, 2.05) is 7.05 Å². The van der Waals surface area contributed by atoms with Crippen LogP contribution in [0.5, 0.6) is 11.5 Å². The minimum atomic E-state index is -0.299. The molecule has 1 amide bonds. The molecule has 1 aliphatic rings. The van der Waals surface area contributed by atoms with Crippen molar-refractivity contribution in [1.82, 2.24) is 4.90 Å². The van der Waals surface area contributed by atoms with Gasteiger partial charge in [0, 0.05) is 5.69 Å². The van der Waals surface area contributed by atoms with E-state index in [0.29, 0.717) is 11.5 Å². The van der Waals surface area contributed by atoms with Gasteiger partial charge in [-0.25, -0.2) is 4.39 Å². The number of carbonyl (C=O) groups is 1. The quantitative estimate of drug-likeness (QED) is 0.936. The van der Waals surface area contributed by atoms with Crippen molar-refractivity contribution in [3.8, 4) is 11.5 Å². The summed E-state index contributed by atoms with van der Waals surface area (Å²) in [6.45, 7) is 0.961. The highest BCUT2D eigenvalue weighted by atomic mass is 19.1. The number of likely N-dealkylation sites (tertiary alicyclic amines) is 1. The minimum absolute atomic E-state index is 0.0252. The van der Waals surface area contributed by atoms with Crippen LogP contribution in [0, 0.1) is 5.82 Å². The summed E-state index contributed by atoms with van der Waals surface area (Å²) in [5.74, 6) is 0.924. The number of hydrogen-bond donors (Lipinski definition) is 1. The Bertz CT molecular complexity index is 670. The molecule has 4 nitrogen and oxygen atoms in total. The molecule has 1 fully saturated rings. The van der Waals surface area contributed by atoms with Crippen LogP contribution in [-0.4, -0.2) is 30.4 Å². The number of ether oxygens (including phenoxy) is 1. The number of halogens is 1. The van der Waals surface area contributed by atoms with Crippen molar-refractivity contribution in [3.63, 3.8) is 0 Å². The van der Waals surface area contributed by atoms with Crippen molar-refractivity contribution in [2.24, 2.45) is 0 Å². The largest absolute Gasteiger partial charge is 0.457 e. The molecule has 2 aromatic rings. The summed E-state index contributed by atoms with van der Waals surface area (Å²) in [6, 6.07) is 12.9. The van der Waals surface area contributed by atoms with Crippen molar-refractivity contribution in [3.05, 3.63) is 54.3 Å². The highest BCUT2D eigenvalue weighted by Gasteiger charge is 2.27. The molecule has 1 aliphatic heterocycles. The number of anilines is 1. The number of hydrogen-bond acceptors (Lipinski definition) is 3. The van der Waals surface area contributed by atoms with Crippen molar-refractivity contribution >= 4 is 11.6 Å². The van der Waals surface area contributed by atoms with E-state index in [9.17, 15) is 9.18 Å². The Hall–Kier alpha value is -2.40. The molecular weight excluding hydrogens is 295 g/mol. The average Bonchev–Trinajstić information content (AvgIpc) is 2.98. The molecule has 0 aromatic heterocycles. The summed E-state index contributed by atoms with van der Waals surface area (Å²) in [5.41, 5.74) is 0.738. The van der Waals surface area contributed by atoms with Crippen LogP contribution in [-0.2, 0) is 4.79 Å². The monoisotopic (exact) mass is 314 g/mol. The Morgan fingerprint density at radius 3 is 2.30 bits per heavy atom. The van der Waals surface area contributed by atoms with Crippen molar-refractivity contribution < 1.29 is 13.9 Å². The second-order valence-electron chi connectivity index (χ2n) is 5.71. The topological polar surface area (TPSA) is 41.6 Å². The molecule has 1 heterocycles. The Morgan fingerprint density at radius 2 is 1.74 bits per heavy atom. The molecular formula is C18H19FN2O2. The molecule has 2 aromatic carbocycles. The Balaban J connectivity index is 1.60. The van der Waals surface area contributed by atoms with Crippen LogP contribution in [0.4, 0.5) is 10.1 Å². The van der Waals surface area contributed by atoms with Gasteiger partial charge in [-0.05, 0) is 75.0 Å². The lowest BCUT2D eigenvalue weighted by Crippen LogP contribution is -2.37. The predicted molar refractivity (Wildman–Crippen MR) is 87.2 cm³/mol. The van der Waals surface area contributed by atoms with Gasteiger partial charge in [0.1, 0.15) is 17.3 Å². The van der Waals surface area contributed by atoms with Gasteiger partial charge in [-0.1, -0.05) is 0 Å². The maximum absolute atomic E-state index is 12.9. The number of nitrogens with zero attached hydrogens (tertiary/aromatic N) is 1. The first-order valence-electron chi connectivity index (χ1n) is 7.66. The first kappa shape index (κ1) is 15.5. The minimum Gasteiger partial charge on any atom is -0.457 e. The van der Waals surface area contributed by atoms with E-state index in [4.69, 9.17) is 4.74 Å². The van der Waals surface area contributed by atoms with Crippen molar-refractivity contribution in [2.75, 3.05) is 18.9 Å². The lowest BCUT2D eigenvalue weighted by molar-refractivity contribution is -0.119. The fourth-order valence-corrected chi connectivity index (χ4v) is 2.71. The highest BCUT2D eigenvalue weighted by molar-refractivity contribution is 5.95. The van der Waals surface area contributed by atoms with E-state index in [0.717, 1.165) is 25.1 Å². The van der Waals surface area contributed by atoms with E-state index in [2.05, 4.69) is 10.2 Å². The van der Waals surface area contributed by atoms with Crippen LogP contribution in [0.15, 0.2) is 48.5 Å². The third-order valence-corrected chi connectivity index (χ3v) is 3.99. The molecule has 0 saturated carbocycles. The predicted octanol–water partition coefficient (Wildman–Crippen LogP) is 3.65. The molecule has 0 radical (unpaired) electrons. The van der Waals surface area contributed by atoms with Gasteiger partial charge in [0.25, 0.3) is 0 Å². The number of likely N-dealkylation sites (N-methyl/N-ethyl adjacent to an activating group) is 1. The van der Waals surface area contributed by atoms with Gasteiger partial charge in [-0.15, -0.1) is 0 Å². The number of nitrogens with one attached hydrogen (secondary N) is 1. The number of benzene rings is 2. The molecule has 1 unspecified atom stereocenters. The first-order chi connectivity index (χ1) is 11.1.